The fourth-order valence-electron chi connectivity index (χ4n) is 3.05. The van der Waals surface area contributed by atoms with Gasteiger partial charge in [0, 0.05) is 12.2 Å². The summed E-state index contributed by atoms with van der Waals surface area (Å²) in [6.45, 7) is 6.70. The third kappa shape index (κ3) is 3.39. The molecule has 0 N–H and O–H groups in total. The summed E-state index contributed by atoms with van der Waals surface area (Å²) in [5, 5.41) is 0. The highest BCUT2D eigenvalue weighted by atomic mass is 16.5. The van der Waals surface area contributed by atoms with Crippen molar-refractivity contribution in [2.24, 2.45) is 0 Å². The quantitative estimate of drug-likeness (QED) is 0.856. The molecule has 1 unspecified atom stereocenters. The van der Waals surface area contributed by atoms with Gasteiger partial charge in [-0.25, -0.2) is 0 Å². The van der Waals surface area contributed by atoms with E-state index in [1.165, 1.54) is 16.7 Å². The van der Waals surface area contributed by atoms with Gasteiger partial charge >= 0.3 is 0 Å². The summed E-state index contributed by atoms with van der Waals surface area (Å²) < 4.78 is 5.83. The molecule has 1 aliphatic heterocycles. The van der Waals surface area contributed by atoms with E-state index >= 15 is 0 Å². The van der Waals surface area contributed by atoms with Crippen LogP contribution in [0.15, 0.2) is 42.5 Å². The number of benzene rings is 2. The van der Waals surface area contributed by atoms with Crippen LogP contribution in [0.2, 0.25) is 0 Å². The molecule has 2 aromatic rings. The van der Waals surface area contributed by atoms with Crippen molar-refractivity contribution in [1.29, 1.82) is 0 Å². The molecular weight excluding hydrogens is 286 g/mol. The van der Waals surface area contributed by atoms with Crippen molar-refractivity contribution in [1.82, 2.24) is 0 Å². The van der Waals surface area contributed by atoms with Crippen LogP contribution in [0, 0.1) is 13.8 Å². The van der Waals surface area contributed by atoms with Crippen molar-refractivity contribution in [2.75, 3.05) is 11.4 Å². The number of carbonyl (C=O) groups excluding carboxylic acids is 1. The minimum absolute atomic E-state index is 0.0235. The average molecular weight is 309 g/mol. The Labute approximate surface area is 137 Å². The maximum absolute atomic E-state index is 12.8. The van der Waals surface area contributed by atoms with Crippen molar-refractivity contribution in [2.45, 2.75) is 39.7 Å². The van der Waals surface area contributed by atoms with Gasteiger partial charge in [0.25, 0.3) is 5.91 Å². The molecule has 3 nitrogen and oxygen atoms in total. The minimum Gasteiger partial charge on any atom is -0.481 e. The number of anilines is 1. The molecule has 1 aliphatic rings. The maximum Gasteiger partial charge on any atom is 0.267 e. The van der Waals surface area contributed by atoms with Crippen LogP contribution in [0.4, 0.5) is 5.69 Å². The van der Waals surface area contributed by atoms with Crippen LogP contribution < -0.4 is 9.64 Å². The van der Waals surface area contributed by atoms with E-state index in [2.05, 4.69) is 25.1 Å². The molecule has 3 heteroatoms. The van der Waals surface area contributed by atoms with Gasteiger partial charge in [0.1, 0.15) is 5.75 Å². The zero-order valence-electron chi connectivity index (χ0n) is 14.0. The second kappa shape index (κ2) is 6.45. The minimum atomic E-state index is -0.495. The van der Waals surface area contributed by atoms with Crippen molar-refractivity contribution in [3.63, 3.8) is 0 Å². The zero-order chi connectivity index (χ0) is 16.4. The molecule has 0 fully saturated rings. The summed E-state index contributed by atoms with van der Waals surface area (Å²) in [7, 11) is 0. The van der Waals surface area contributed by atoms with Gasteiger partial charge in [-0.15, -0.1) is 0 Å². The fourth-order valence-corrected chi connectivity index (χ4v) is 3.05. The van der Waals surface area contributed by atoms with E-state index in [9.17, 15) is 4.79 Å². The van der Waals surface area contributed by atoms with E-state index in [1.54, 1.807) is 0 Å². The van der Waals surface area contributed by atoms with Gasteiger partial charge in [-0.2, -0.15) is 0 Å². The number of ether oxygens (including phenoxy) is 1. The van der Waals surface area contributed by atoms with E-state index < -0.39 is 6.10 Å². The summed E-state index contributed by atoms with van der Waals surface area (Å²) in [6, 6.07) is 14.1. The second-order valence-corrected chi connectivity index (χ2v) is 6.30. The van der Waals surface area contributed by atoms with E-state index in [0.717, 1.165) is 30.8 Å². The lowest BCUT2D eigenvalue weighted by atomic mass is 9.99. The Morgan fingerprint density at radius 3 is 2.52 bits per heavy atom. The lowest BCUT2D eigenvalue weighted by molar-refractivity contribution is -0.124. The monoisotopic (exact) mass is 309 g/mol. The van der Waals surface area contributed by atoms with Gasteiger partial charge in [-0.1, -0.05) is 35.4 Å². The molecule has 0 aliphatic carbocycles. The van der Waals surface area contributed by atoms with Crippen LogP contribution in [0.25, 0.3) is 0 Å². The second-order valence-electron chi connectivity index (χ2n) is 6.30. The number of fused-ring (bicyclic) bond motifs is 1. The van der Waals surface area contributed by atoms with Gasteiger partial charge in [0.2, 0.25) is 0 Å². The predicted molar refractivity (Wildman–Crippen MR) is 93.1 cm³/mol. The van der Waals surface area contributed by atoms with E-state index in [0.29, 0.717) is 0 Å². The molecule has 1 atom stereocenters. The Balaban J connectivity index is 1.77. The average Bonchev–Trinajstić information content (AvgIpc) is 2.55. The lowest BCUT2D eigenvalue weighted by Gasteiger charge is -2.31. The molecular formula is C20H23NO2. The van der Waals surface area contributed by atoms with E-state index in [1.807, 2.05) is 43.0 Å². The van der Waals surface area contributed by atoms with Crippen molar-refractivity contribution >= 4 is 11.6 Å². The van der Waals surface area contributed by atoms with Crippen LogP contribution >= 0.6 is 0 Å². The first-order chi connectivity index (χ1) is 11.0. The van der Waals surface area contributed by atoms with E-state index in [4.69, 9.17) is 4.74 Å². The Bertz CT molecular complexity index is 706. The molecule has 23 heavy (non-hydrogen) atoms. The highest BCUT2D eigenvalue weighted by Gasteiger charge is 2.27. The molecule has 1 amide bonds. The highest BCUT2D eigenvalue weighted by molar-refractivity contribution is 5.97. The normalized spacial score (nSPS) is 15.0. The SMILES string of the molecule is Cc1ccc(OC(C)C(=O)N2CCCc3cc(C)ccc32)cc1. The van der Waals surface area contributed by atoms with Gasteiger partial charge in [-0.3, -0.25) is 4.79 Å². The highest BCUT2D eigenvalue weighted by Crippen LogP contribution is 2.29. The summed E-state index contributed by atoms with van der Waals surface area (Å²) in [6.07, 6.45) is 1.54. The van der Waals surface area contributed by atoms with Crippen LogP contribution in [0.5, 0.6) is 5.75 Å². The molecule has 3 rings (SSSR count). The van der Waals surface area contributed by atoms with Crippen molar-refractivity contribution in [3.05, 3.63) is 59.2 Å². The number of amides is 1. The Morgan fingerprint density at radius 2 is 1.78 bits per heavy atom. The van der Waals surface area contributed by atoms with Crippen LogP contribution in [0.3, 0.4) is 0 Å². The molecule has 1 heterocycles. The first-order valence-corrected chi connectivity index (χ1v) is 8.19. The number of hydrogen-bond donors (Lipinski definition) is 0. The molecule has 0 saturated heterocycles. The molecule has 2 aromatic carbocycles. The summed E-state index contributed by atoms with van der Waals surface area (Å²) >= 11 is 0. The molecule has 0 aromatic heterocycles. The van der Waals surface area contributed by atoms with Crippen molar-refractivity contribution < 1.29 is 9.53 Å². The third-order valence-electron chi connectivity index (χ3n) is 4.30. The number of aryl methyl sites for hydroxylation is 3. The molecule has 120 valence electrons. The van der Waals surface area contributed by atoms with Gasteiger partial charge in [0.15, 0.2) is 6.10 Å². The first kappa shape index (κ1) is 15.6. The largest absolute Gasteiger partial charge is 0.481 e. The number of carbonyl (C=O) groups is 1. The Hall–Kier alpha value is -2.29. The van der Waals surface area contributed by atoms with Crippen molar-refractivity contribution in [3.8, 4) is 5.75 Å². The Morgan fingerprint density at radius 1 is 1.09 bits per heavy atom. The van der Waals surface area contributed by atoms with Crippen LogP contribution in [-0.4, -0.2) is 18.6 Å². The van der Waals surface area contributed by atoms with Gasteiger partial charge < -0.3 is 9.64 Å². The summed E-state index contributed by atoms with van der Waals surface area (Å²) in [5.74, 6) is 0.757. The summed E-state index contributed by atoms with van der Waals surface area (Å²) in [5.41, 5.74) is 4.71. The predicted octanol–water partition coefficient (Wildman–Crippen LogP) is 4.05. The molecule has 0 saturated carbocycles. The third-order valence-corrected chi connectivity index (χ3v) is 4.30. The smallest absolute Gasteiger partial charge is 0.267 e. The standard InChI is InChI=1S/C20H23NO2/c1-14-6-9-18(10-7-14)23-16(3)20(22)21-12-4-5-17-13-15(2)8-11-19(17)21/h6-11,13,16H,4-5,12H2,1-3H3. The molecule has 0 bridgehead atoms. The Kier molecular flexibility index (Phi) is 4.37. The summed E-state index contributed by atoms with van der Waals surface area (Å²) in [4.78, 5) is 14.7. The molecule has 0 radical (unpaired) electrons. The zero-order valence-corrected chi connectivity index (χ0v) is 14.0. The topological polar surface area (TPSA) is 29.5 Å². The number of hydrogen-bond acceptors (Lipinski definition) is 2. The van der Waals surface area contributed by atoms with Gasteiger partial charge in [-0.05, 0) is 57.4 Å². The van der Waals surface area contributed by atoms with Crippen LogP contribution in [0.1, 0.15) is 30.0 Å². The maximum atomic E-state index is 12.8. The fraction of sp³-hybridized carbons (Fsp3) is 0.350. The van der Waals surface area contributed by atoms with E-state index in [-0.39, 0.29) is 5.91 Å². The number of rotatable bonds is 3. The molecule has 0 spiro atoms. The van der Waals surface area contributed by atoms with Crippen LogP contribution in [-0.2, 0) is 11.2 Å². The first-order valence-electron chi connectivity index (χ1n) is 8.19. The number of nitrogens with zero attached hydrogens (tertiary/aromatic N) is 1. The lowest BCUT2D eigenvalue weighted by Crippen LogP contribution is -2.43. The van der Waals surface area contributed by atoms with Gasteiger partial charge in [0.05, 0.1) is 0 Å².